The lowest BCUT2D eigenvalue weighted by atomic mass is 10.2. The number of esters is 1. The zero-order valence-electron chi connectivity index (χ0n) is 12.4. The molecule has 1 amide bonds. The van der Waals surface area contributed by atoms with Crippen LogP contribution in [0.2, 0.25) is 0 Å². The Morgan fingerprint density at radius 1 is 1.30 bits per heavy atom. The molecule has 0 N–H and O–H groups in total. The van der Waals surface area contributed by atoms with E-state index in [2.05, 4.69) is 15.9 Å². The van der Waals surface area contributed by atoms with Crippen LogP contribution >= 0.6 is 27.7 Å². The largest absolute Gasteiger partial charge is 0.486 e. The number of hydrogen-bond acceptors (Lipinski definition) is 6. The number of nitrogens with zero attached hydrogens (tertiary/aromatic N) is 1. The van der Waals surface area contributed by atoms with Crippen LogP contribution in [0, 0.1) is 0 Å². The van der Waals surface area contributed by atoms with Gasteiger partial charge < -0.3 is 19.1 Å². The van der Waals surface area contributed by atoms with Crippen LogP contribution in [0.4, 0.5) is 4.79 Å². The summed E-state index contributed by atoms with van der Waals surface area (Å²) in [5, 5.41) is 0.0346. The van der Waals surface area contributed by atoms with Crippen LogP contribution < -0.4 is 9.47 Å². The van der Waals surface area contributed by atoms with Crippen LogP contribution in [0.25, 0.3) is 0 Å². The number of hydrogen-bond donors (Lipinski definition) is 0. The van der Waals surface area contributed by atoms with Gasteiger partial charge in [-0.05, 0) is 12.1 Å². The van der Waals surface area contributed by atoms with Gasteiger partial charge in [0.15, 0.2) is 11.5 Å². The summed E-state index contributed by atoms with van der Waals surface area (Å²) >= 11 is 4.73. The zero-order valence-corrected chi connectivity index (χ0v) is 14.8. The van der Waals surface area contributed by atoms with E-state index in [1.165, 1.54) is 11.8 Å². The number of carbonyl (C=O) groups is 2. The van der Waals surface area contributed by atoms with Crippen LogP contribution in [-0.2, 0) is 16.1 Å². The molecule has 3 rings (SSSR count). The normalized spacial score (nSPS) is 16.6. The summed E-state index contributed by atoms with van der Waals surface area (Å²) in [6, 6.07) is 3.63. The minimum atomic E-state index is -0.323. The molecule has 2 heterocycles. The lowest BCUT2D eigenvalue weighted by molar-refractivity contribution is -0.145. The van der Waals surface area contributed by atoms with Gasteiger partial charge in [-0.2, -0.15) is 0 Å². The molecule has 23 heavy (non-hydrogen) atoms. The second-order valence-corrected chi connectivity index (χ2v) is 7.00. The molecule has 0 atom stereocenters. The molecule has 0 bridgehead atoms. The Morgan fingerprint density at radius 2 is 2.04 bits per heavy atom. The van der Waals surface area contributed by atoms with Crippen molar-refractivity contribution >= 4 is 38.9 Å². The monoisotopic (exact) mass is 401 g/mol. The quantitative estimate of drug-likeness (QED) is 0.706. The molecule has 1 aromatic rings. The number of halogens is 1. The van der Waals surface area contributed by atoms with Gasteiger partial charge in [-0.3, -0.25) is 9.59 Å². The minimum absolute atomic E-state index is 0.0346. The highest BCUT2D eigenvalue weighted by Gasteiger charge is 2.22. The van der Waals surface area contributed by atoms with Crippen LogP contribution in [0.15, 0.2) is 16.6 Å². The molecule has 0 aliphatic carbocycles. The highest BCUT2D eigenvalue weighted by Crippen LogP contribution is 2.35. The molecular weight excluding hydrogens is 386 g/mol. The average Bonchev–Trinajstić information content (AvgIpc) is 2.96. The summed E-state index contributed by atoms with van der Waals surface area (Å²) in [5.41, 5.74) is 0.815. The second kappa shape index (κ2) is 7.44. The number of carbonyl (C=O) groups excluding carboxylic acids is 2. The number of rotatable bonds is 5. The molecule has 6 nitrogen and oxygen atoms in total. The fourth-order valence-corrected chi connectivity index (χ4v) is 3.59. The smallest absolute Gasteiger partial charge is 0.307 e. The van der Waals surface area contributed by atoms with Crippen molar-refractivity contribution in [2.24, 2.45) is 0 Å². The number of thioether (sulfide) groups is 1. The van der Waals surface area contributed by atoms with Crippen molar-refractivity contribution in [1.29, 1.82) is 0 Å². The van der Waals surface area contributed by atoms with Gasteiger partial charge in [-0.15, -0.1) is 0 Å². The summed E-state index contributed by atoms with van der Waals surface area (Å²) in [4.78, 5) is 25.0. The molecule has 0 unspecified atom stereocenters. The fourth-order valence-electron chi connectivity index (χ4n) is 2.30. The van der Waals surface area contributed by atoms with Crippen molar-refractivity contribution in [3.05, 3.63) is 22.2 Å². The van der Waals surface area contributed by atoms with Crippen molar-refractivity contribution in [3.8, 4) is 11.5 Å². The van der Waals surface area contributed by atoms with E-state index in [9.17, 15) is 9.59 Å². The third kappa shape index (κ3) is 4.11. The molecular formula is C15H16BrNO5S. The Balaban J connectivity index is 1.51. The van der Waals surface area contributed by atoms with Gasteiger partial charge in [0, 0.05) is 28.9 Å². The molecule has 2 aliphatic heterocycles. The maximum Gasteiger partial charge on any atom is 0.307 e. The van der Waals surface area contributed by atoms with E-state index in [-0.39, 0.29) is 24.2 Å². The molecule has 1 saturated heterocycles. The fraction of sp³-hybridized carbons (Fsp3) is 0.467. The third-order valence-corrected chi connectivity index (χ3v) is 5.16. The Labute approximate surface area is 146 Å². The van der Waals surface area contributed by atoms with Crippen molar-refractivity contribution in [2.75, 3.05) is 32.1 Å². The Kier molecular flexibility index (Phi) is 5.32. The maximum atomic E-state index is 11.8. The first-order valence-electron chi connectivity index (χ1n) is 7.29. The molecule has 1 aromatic carbocycles. The first kappa shape index (κ1) is 16.4. The summed E-state index contributed by atoms with van der Waals surface area (Å²) in [6.07, 6.45) is 0.203. The Bertz CT molecular complexity index is 624. The standard InChI is InChI=1S/C15H16BrNO5S/c16-11-8-13-12(20-4-5-21-13)7-10(11)9-22-14(18)1-2-17-3-6-23-15(17)19/h7-8H,1-6,9H2. The molecule has 2 aliphatic rings. The molecule has 8 heteroatoms. The third-order valence-electron chi connectivity index (χ3n) is 3.53. The highest BCUT2D eigenvalue weighted by molar-refractivity contribution is 9.10. The summed E-state index contributed by atoms with van der Waals surface area (Å²) < 4.78 is 17.1. The second-order valence-electron chi connectivity index (χ2n) is 5.10. The number of fused-ring (bicyclic) bond motifs is 1. The molecule has 0 saturated carbocycles. The molecule has 0 aromatic heterocycles. The predicted octanol–water partition coefficient (Wildman–Crippen LogP) is 2.82. The van der Waals surface area contributed by atoms with Gasteiger partial charge in [0.05, 0.1) is 6.42 Å². The number of amides is 1. The summed E-state index contributed by atoms with van der Waals surface area (Å²) in [7, 11) is 0. The van der Waals surface area contributed by atoms with Gasteiger partial charge in [0.1, 0.15) is 19.8 Å². The van der Waals surface area contributed by atoms with Crippen LogP contribution in [-0.4, -0.2) is 48.2 Å². The van der Waals surface area contributed by atoms with Gasteiger partial charge >= 0.3 is 5.97 Å². The first-order valence-corrected chi connectivity index (χ1v) is 9.06. The van der Waals surface area contributed by atoms with Gasteiger partial charge in [0.25, 0.3) is 5.24 Å². The van der Waals surface area contributed by atoms with Crippen molar-refractivity contribution in [2.45, 2.75) is 13.0 Å². The van der Waals surface area contributed by atoms with Gasteiger partial charge in [-0.25, -0.2) is 0 Å². The lowest BCUT2D eigenvalue weighted by Crippen LogP contribution is -2.26. The maximum absolute atomic E-state index is 11.8. The van der Waals surface area contributed by atoms with E-state index in [0.29, 0.717) is 37.8 Å². The lowest BCUT2D eigenvalue weighted by Gasteiger charge is -2.20. The summed E-state index contributed by atoms with van der Waals surface area (Å²) in [6.45, 7) is 2.30. The van der Waals surface area contributed by atoms with Crippen molar-refractivity contribution in [1.82, 2.24) is 4.90 Å². The SMILES string of the molecule is O=C(CCN1CCSC1=O)OCc1cc2c(cc1Br)OCCO2. The van der Waals surface area contributed by atoms with E-state index < -0.39 is 0 Å². The topological polar surface area (TPSA) is 65.1 Å². The van der Waals surface area contributed by atoms with Crippen molar-refractivity contribution < 1.29 is 23.8 Å². The van der Waals surface area contributed by atoms with Gasteiger partial charge in [-0.1, -0.05) is 27.7 Å². The number of benzene rings is 1. The van der Waals surface area contributed by atoms with E-state index >= 15 is 0 Å². The van der Waals surface area contributed by atoms with Crippen LogP contribution in [0.1, 0.15) is 12.0 Å². The van der Waals surface area contributed by atoms with Crippen molar-refractivity contribution in [3.63, 3.8) is 0 Å². The molecule has 124 valence electrons. The Morgan fingerprint density at radius 3 is 2.74 bits per heavy atom. The molecule has 0 spiro atoms. The highest BCUT2D eigenvalue weighted by atomic mass is 79.9. The zero-order chi connectivity index (χ0) is 16.2. The molecule has 1 fully saturated rings. The van der Waals surface area contributed by atoms with Crippen LogP contribution in [0.5, 0.6) is 11.5 Å². The van der Waals surface area contributed by atoms with E-state index in [4.69, 9.17) is 14.2 Å². The van der Waals surface area contributed by atoms with E-state index in [1.54, 1.807) is 4.90 Å². The predicted molar refractivity (Wildman–Crippen MR) is 89.0 cm³/mol. The average molecular weight is 402 g/mol. The summed E-state index contributed by atoms with van der Waals surface area (Å²) in [5.74, 6) is 1.81. The van der Waals surface area contributed by atoms with Gasteiger partial charge in [0.2, 0.25) is 0 Å². The first-order chi connectivity index (χ1) is 11.1. The van der Waals surface area contributed by atoms with E-state index in [1.807, 2.05) is 12.1 Å². The van der Waals surface area contributed by atoms with E-state index in [0.717, 1.165) is 15.8 Å². The minimum Gasteiger partial charge on any atom is -0.486 e. The molecule has 0 radical (unpaired) electrons. The van der Waals surface area contributed by atoms with Crippen LogP contribution in [0.3, 0.4) is 0 Å². The number of ether oxygens (including phenoxy) is 3. The Hall–Kier alpha value is -1.41.